The number of nitrogens with one attached hydrogen (secondary N) is 1. The summed E-state index contributed by atoms with van der Waals surface area (Å²) in [6, 6.07) is 13.4. The van der Waals surface area contributed by atoms with Crippen LogP contribution in [0.3, 0.4) is 0 Å². The Morgan fingerprint density at radius 2 is 2.05 bits per heavy atom. The van der Waals surface area contributed by atoms with Gasteiger partial charge < -0.3 is 5.32 Å². The fourth-order valence-electron chi connectivity index (χ4n) is 2.94. The van der Waals surface area contributed by atoms with Crippen molar-refractivity contribution < 1.29 is 0 Å². The van der Waals surface area contributed by atoms with E-state index in [9.17, 15) is 0 Å². The summed E-state index contributed by atoms with van der Waals surface area (Å²) in [5.74, 6) is 0. The molecule has 2 aromatic carbocycles. The number of fused-ring (bicyclic) bond motifs is 1. The van der Waals surface area contributed by atoms with Gasteiger partial charge in [0.25, 0.3) is 0 Å². The molecule has 3 rings (SSSR count). The summed E-state index contributed by atoms with van der Waals surface area (Å²) in [6.45, 7) is 2.20. The zero-order chi connectivity index (χ0) is 14.1. The first-order valence-corrected chi connectivity index (χ1v) is 8.60. The van der Waals surface area contributed by atoms with Gasteiger partial charge in [0.2, 0.25) is 0 Å². The summed E-state index contributed by atoms with van der Waals surface area (Å²) >= 11 is 7.22. The second kappa shape index (κ2) is 5.90. The van der Waals surface area contributed by atoms with Crippen molar-refractivity contribution in [2.45, 2.75) is 32.2 Å². The molecule has 104 valence electrons. The third kappa shape index (κ3) is 2.66. The molecule has 0 bridgehead atoms. The van der Waals surface area contributed by atoms with E-state index in [-0.39, 0.29) is 0 Å². The van der Waals surface area contributed by atoms with Gasteiger partial charge in [-0.1, -0.05) is 50.9 Å². The fourth-order valence-corrected chi connectivity index (χ4v) is 3.93. The number of halogens is 2. The van der Waals surface area contributed by atoms with Gasteiger partial charge in [-0.25, -0.2) is 0 Å². The molecule has 1 nitrogen and oxygen atoms in total. The predicted molar refractivity (Wildman–Crippen MR) is 92.3 cm³/mol. The summed E-state index contributed by atoms with van der Waals surface area (Å²) < 4.78 is 2.39. The Kier molecular flexibility index (Phi) is 4.18. The molecule has 0 aliphatic heterocycles. The van der Waals surface area contributed by atoms with E-state index in [1.165, 1.54) is 26.9 Å². The van der Waals surface area contributed by atoms with Crippen molar-refractivity contribution in [2.24, 2.45) is 0 Å². The standard InChI is InChI=1S/C17H17Br2N/c1-2-11-10-12(18)6-8-16(11)20-17-9-7-13-14(17)4-3-5-15(13)19/h3-6,8,10,17,20H,2,7,9H2,1H3. The second-order valence-corrected chi connectivity index (χ2v) is 6.97. The molecule has 2 aromatic rings. The van der Waals surface area contributed by atoms with Crippen LogP contribution in [0.15, 0.2) is 45.3 Å². The number of aryl methyl sites for hydroxylation is 1. The minimum Gasteiger partial charge on any atom is -0.378 e. The summed E-state index contributed by atoms with van der Waals surface area (Å²) in [7, 11) is 0. The first-order chi connectivity index (χ1) is 9.69. The molecule has 0 radical (unpaired) electrons. The molecular formula is C17H17Br2N. The normalized spacial score (nSPS) is 17.1. The Balaban J connectivity index is 1.89. The molecule has 1 unspecified atom stereocenters. The molecule has 0 aromatic heterocycles. The van der Waals surface area contributed by atoms with Gasteiger partial charge in [0.1, 0.15) is 0 Å². The summed E-state index contributed by atoms with van der Waals surface area (Å²) in [5, 5.41) is 3.73. The van der Waals surface area contributed by atoms with Crippen molar-refractivity contribution in [3.05, 3.63) is 62.0 Å². The van der Waals surface area contributed by atoms with Crippen LogP contribution in [0.25, 0.3) is 0 Å². The number of anilines is 1. The van der Waals surface area contributed by atoms with Crippen molar-refractivity contribution in [2.75, 3.05) is 5.32 Å². The molecule has 1 aliphatic carbocycles. The number of benzene rings is 2. The smallest absolute Gasteiger partial charge is 0.0520 e. The molecule has 0 saturated carbocycles. The van der Waals surface area contributed by atoms with Crippen LogP contribution < -0.4 is 5.32 Å². The number of rotatable bonds is 3. The van der Waals surface area contributed by atoms with Crippen LogP contribution in [0.4, 0.5) is 5.69 Å². The lowest BCUT2D eigenvalue weighted by Crippen LogP contribution is -2.08. The van der Waals surface area contributed by atoms with E-state index < -0.39 is 0 Å². The third-order valence-corrected chi connectivity index (χ3v) is 5.23. The molecule has 0 heterocycles. The van der Waals surface area contributed by atoms with Crippen molar-refractivity contribution in [1.29, 1.82) is 0 Å². The molecule has 1 aliphatic rings. The average Bonchev–Trinajstić information content (AvgIpc) is 2.85. The Bertz CT molecular complexity index is 637. The molecule has 0 saturated heterocycles. The van der Waals surface area contributed by atoms with E-state index in [0.29, 0.717) is 6.04 Å². The zero-order valence-electron chi connectivity index (χ0n) is 11.4. The quantitative estimate of drug-likeness (QED) is 0.685. The zero-order valence-corrected chi connectivity index (χ0v) is 14.6. The molecule has 0 fully saturated rings. The lowest BCUT2D eigenvalue weighted by molar-refractivity contribution is 0.760. The van der Waals surface area contributed by atoms with Gasteiger partial charge in [-0.3, -0.25) is 0 Å². The van der Waals surface area contributed by atoms with E-state index in [4.69, 9.17) is 0 Å². The molecule has 0 amide bonds. The van der Waals surface area contributed by atoms with E-state index >= 15 is 0 Å². The van der Waals surface area contributed by atoms with E-state index in [2.05, 4.69) is 80.5 Å². The fraction of sp³-hybridized carbons (Fsp3) is 0.294. The van der Waals surface area contributed by atoms with Gasteiger partial charge in [-0.15, -0.1) is 0 Å². The minimum atomic E-state index is 0.425. The Morgan fingerprint density at radius 1 is 1.20 bits per heavy atom. The van der Waals surface area contributed by atoms with E-state index in [1.807, 2.05) is 0 Å². The number of hydrogen-bond acceptors (Lipinski definition) is 1. The van der Waals surface area contributed by atoms with Crippen molar-refractivity contribution in [3.63, 3.8) is 0 Å². The molecule has 0 spiro atoms. The maximum Gasteiger partial charge on any atom is 0.0520 e. The minimum absolute atomic E-state index is 0.425. The topological polar surface area (TPSA) is 12.0 Å². The van der Waals surface area contributed by atoms with Gasteiger partial charge in [0, 0.05) is 14.6 Å². The first-order valence-electron chi connectivity index (χ1n) is 7.01. The van der Waals surface area contributed by atoms with Crippen molar-refractivity contribution in [1.82, 2.24) is 0 Å². The Hall–Kier alpha value is -0.800. The number of hydrogen-bond donors (Lipinski definition) is 1. The molecule has 1 atom stereocenters. The Morgan fingerprint density at radius 3 is 2.85 bits per heavy atom. The largest absolute Gasteiger partial charge is 0.378 e. The highest BCUT2D eigenvalue weighted by atomic mass is 79.9. The third-order valence-electron chi connectivity index (χ3n) is 3.99. The summed E-state index contributed by atoms with van der Waals surface area (Å²) in [6.07, 6.45) is 3.35. The van der Waals surface area contributed by atoms with Gasteiger partial charge in [0.15, 0.2) is 0 Å². The maximum absolute atomic E-state index is 3.73. The summed E-state index contributed by atoms with van der Waals surface area (Å²) in [4.78, 5) is 0. The SMILES string of the molecule is CCc1cc(Br)ccc1NC1CCc2c(Br)cccc21. The monoisotopic (exact) mass is 393 g/mol. The van der Waals surface area contributed by atoms with E-state index in [1.54, 1.807) is 0 Å². The second-order valence-electron chi connectivity index (χ2n) is 5.20. The summed E-state index contributed by atoms with van der Waals surface area (Å²) in [5.41, 5.74) is 5.51. The highest BCUT2D eigenvalue weighted by Gasteiger charge is 2.24. The van der Waals surface area contributed by atoms with Crippen LogP contribution in [0.1, 0.15) is 36.1 Å². The van der Waals surface area contributed by atoms with Crippen LogP contribution in [-0.2, 0) is 12.8 Å². The van der Waals surface area contributed by atoms with Crippen LogP contribution in [-0.4, -0.2) is 0 Å². The Labute approximate surface area is 137 Å². The van der Waals surface area contributed by atoms with Crippen molar-refractivity contribution >= 4 is 37.5 Å². The van der Waals surface area contributed by atoms with E-state index in [0.717, 1.165) is 23.7 Å². The van der Waals surface area contributed by atoms with Crippen LogP contribution in [0.2, 0.25) is 0 Å². The molecular weight excluding hydrogens is 378 g/mol. The highest BCUT2D eigenvalue weighted by molar-refractivity contribution is 9.10. The van der Waals surface area contributed by atoms with Crippen molar-refractivity contribution in [3.8, 4) is 0 Å². The molecule has 20 heavy (non-hydrogen) atoms. The molecule has 1 N–H and O–H groups in total. The lowest BCUT2D eigenvalue weighted by Gasteiger charge is -2.18. The lowest BCUT2D eigenvalue weighted by atomic mass is 10.1. The average molecular weight is 395 g/mol. The molecule has 3 heteroatoms. The maximum atomic E-state index is 3.73. The van der Waals surface area contributed by atoms with Gasteiger partial charge >= 0.3 is 0 Å². The van der Waals surface area contributed by atoms with Gasteiger partial charge in [-0.2, -0.15) is 0 Å². The van der Waals surface area contributed by atoms with Gasteiger partial charge in [-0.05, 0) is 60.2 Å². The van der Waals surface area contributed by atoms with Gasteiger partial charge in [0.05, 0.1) is 6.04 Å². The van der Waals surface area contributed by atoms with Crippen LogP contribution in [0, 0.1) is 0 Å². The van der Waals surface area contributed by atoms with Crippen LogP contribution in [0.5, 0.6) is 0 Å². The predicted octanol–water partition coefficient (Wildman–Crippen LogP) is 5.87. The van der Waals surface area contributed by atoms with Crippen LogP contribution >= 0.6 is 31.9 Å². The first kappa shape index (κ1) is 14.2. The highest BCUT2D eigenvalue weighted by Crippen LogP contribution is 2.38.